The molecule has 0 bridgehead atoms. The van der Waals surface area contributed by atoms with Crippen molar-refractivity contribution >= 4 is 11.6 Å². The molecule has 0 aromatic rings. The molecule has 0 aromatic carbocycles. The average Bonchev–Trinajstić information content (AvgIpc) is 1.69. The molecule has 1 nitrogen and oxygen atoms in total. The van der Waals surface area contributed by atoms with Gasteiger partial charge < -0.3 is 4.74 Å². The van der Waals surface area contributed by atoms with Crippen LogP contribution in [0.3, 0.4) is 0 Å². The average molecular weight is 117 g/mol. The number of halogens is 1. The maximum Gasteiger partial charge on any atom is 0.147 e. The smallest absolute Gasteiger partial charge is 0.147 e. The maximum absolute atomic E-state index is 5.06. The Morgan fingerprint density at radius 1 is 1.86 bits per heavy atom. The molecule has 0 saturated carbocycles. The van der Waals surface area contributed by atoms with E-state index in [1.807, 2.05) is 0 Å². The fraction of sp³-hybridized carbons (Fsp3) is 0.200. The van der Waals surface area contributed by atoms with Gasteiger partial charge in [-0.2, -0.15) is 0 Å². The van der Waals surface area contributed by atoms with Crippen molar-refractivity contribution in [2.45, 2.75) is 0 Å². The summed E-state index contributed by atoms with van der Waals surface area (Å²) in [5.41, 5.74) is 1.26. The largest absolute Gasteiger partial charge is 0.488 e. The molecule has 0 aliphatic carbocycles. The number of ether oxygens (including phenoxy) is 1. The van der Waals surface area contributed by atoms with Gasteiger partial charge in [-0.15, -0.1) is 6.42 Å². The molecule has 38 valence electrons. The van der Waals surface area contributed by atoms with Crippen LogP contribution in [0.25, 0.3) is 0 Å². The van der Waals surface area contributed by atoms with Gasteiger partial charge in [-0.05, 0) is 0 Å². The van der Waals surface area contributed by atoms with Crippen LogP contribution in [0.1, 0.15) is 0 Å². The van der Waals surface area contributed by atoms with Crippen LogP contribution >= 0.6 is 11.6 Å². The van der Waals surface area contributed by atoms with Gasteiger partial charge in [0, 0.05) is 5.54 Å². The number of terminal acetylenes is 1. The molecule has 2 heteroatoms. The molecule has 0 heterocycles. The van der Waals surface area contributed by atoms with Crippen molar-refractivity contribution < 1.29 is 4.74 Å². The Bertz CT molecular complexity index is 90.7. The topological polar surface area (TPSA) is 9.23 Å². The Hall–Kier alpha value is -0.610. The van der Waals surface area contributed by atoms with Crippen molar-refractivity contribution in [3.63, 3.8) is 0 Å². The van der Waals surface area contributed by atoms with Crippen LogP contribution < -0.4 is 0 Å². The Balaban J connectivity index is 2.87. The molecular formula is C5H5ClO. The van der Waals surface area contributed by atoms with E-state index >= 15 is 0 Å². The summed E-state index contributed by atoms with van der Waals surface area (Å²) in [7, 11) is 0. The highest BCUT2D eigenvalue weighted by atomic mass is 35.5. The first-order valence-electron chi connectivity index (χ1n) is 1.72. The molecule has 0 rings (SSSR count). The van der Waals surface area contributed by atoms with E-state index in [9.17, 15) is 0 Å². The van der Waals surface area contributed by atoms with Crippen LogP contribution in [0.4, 0.5) is 0 Å². The lowest BCUT2D eigenvalue weighted by atomic mass is 10.8. The number of hydrogen-bond donors (Lipinski definition) is 0. The molecule has 0 amide bonds. The first-order valence-corrected chi connectivity index (χ1v) is 2.15. The lowest BCUT2D eigenvalue weighted by Crippen LogP contribution is -1.77. The van der Waals surface area contributed by atoms with Crippen molar-refractivity contribution in [2.75, 3.05) is 6.61 Å². The first kappa shape index (κ1) is 6.39. The lowest BCUT2D eigenvalue weighted by molar-refractivity contribution is 0.297. The Morgan fingerprint density at radius 2 is 2.57 bits per heavy atom. The highest BCUT2D eigenvalue weighted by molar-refractivity contribution is 6.25. The third-order valence-electron chi connectivity index (χ3n) is 0.314. The summed E-state index contributed by atoms with van der Waals surface area (Å²) in [6.45, 7) is 0.281. The van der Waals surface area contributed by atoms with Gasteiger partial charge in [0.1, 0.15) is 6.61 Å². The third-order valence-corrected chi connectivity index (χ3v) is 0.417. The van der Waals surface area contributed by atoms with Gasteiger partial charge in [-0.1, -0.05) is 17.5 Å². The SMILES string of the molecule is C#CCOC=CCl. The second-order valence-electron chi connectivity index (χ2n) is 0.777. The van der Waals surface area contributed by atoms with Crippen molar-refractivity contribution in [3.05, 3.63) is 11.8 Å². The molecule has 0 aliphatic heterocycles. The predicted octanol–water partition coefficient (Wildman–Crippen LogP) is 1.35. The Kier molecular flexibility index (Phi) is 4.92. The Labute approximate surface area is 47.9 Å². The molecule has 0 aliphatic rings. The molecule has 0 fully saturated rings. The zero-order valence-electron chi connectivity index (χ0n) is 3.73. The molecule has 0 saturated heterocycles. The van der Waals surface area contributed by atoms with E-state index in [0.717, 1.165) is 0 Å². The van der Waals surface area contributed by atoms with Crippen molar-refractivity contribution in [2.24, 2.45) is 0 Å². The second-order valence-corrected chi connectivity index (χ2v) is 1.03. The zero-order chi connectivity index (χ0) is 5.54. The van der Waals surface area contributed by atoms with Gasteiger partial charge in [0.2, 0.25) is 0 Å². The third kappa shape index (κ3) is 5.39. The standard InChI is InChI=1S/C5H5ClO/c1-2-4-7-5-3-6/h1,3,5H,4H2. The van der Waals surface area contributed by atoms with Crippen molar-refractivity contribution in [1.29, 1.82) is 0 Å². The van der Waals surface area contributed by atoms with E-state index in [0.29, 0.717) is 0 Å². The number of rotatable bonds is 2. The minimum absolute atomic E-state index is 0.281. The summed E-state index contributed by atoms with van der Waals surface area (Å²) >= 11 is 5.06. The maximum atomic E-state index is 5.06. The molecule has 0 N–H and O–H groups in total. The molecule has 7 heavy (non-hydrogen) atoms. The highest BCUT2D eigenvalue weighted by Gasteiger charge is 1.65. The van der Waals surface area contributed by atoms with Crippen LogP contribution in [0, 0.1) is 12.3 Å². The van der Waals surface area contributed by atoms with Crippen molar-refractivity contribution in [3.8, 4) is 12.3 Å². The summed E-state index contributed by atoms with van der Waals surface area (Å²) in [4.78, 5) is 0. The summed E-state index contributed by atoms with van der Waals surface area (Å²) < 4.78 is 4.58. The summed E-state index contributed by atoms with van der Waals surface area (Å²) in [5, 5.41) is 0. The summed E-state index contributed by atoms with van der Waals surface area (Å²) in [6, 6.07) is 0. The van der Waals surface area contributed by atoms with E-state index in [4.69, 9.17) is 18.0 Å². The van der Waals surface area contributed by atoms with E-state index in [1.54, 1.807) is 0 Å². The molecule has 0 atom stereocenters. The van der Waals surface area contributed by atoms with Gasteiger partial charge in [0.25, 0.3) is 0 Å². The van der Waals surface area contributed by atoms with Gasteiger partial charge >= 0.3 is 0 Å². The normalized spacial score (nSPS) is 8.57. The van der Waals surface area contributed by atoms with Crippen molar-refractivity contribution in [1.82, 2.24) is 0 Å². The molecular weight excluding hydrogens is 112 g/mol. The quantitative estimate of drug-likeness (QED) is 0.301. The minimum atomic E-state index is 0.281. The fourth-order valence-electron chi connectivity index (χ4n) is 0.133. The lowest BCUT2D eigenvalue weighted by Gasteiger charge is -1.85. The van der Waals surface area contributed by atoms with Crippen LogP contribution in [0.5, 0.6) is 0 Å². The van der Waals surface area contributed by atoms with Gasteiger partial charge in [-0.25, -0.2) is 0 Å². The van der Waals surface area contributed by atoms with E-state index < -0.39 is 0 Å². The van der Waals surface area contributed by atoms with Crippen LogP contribution in [-0.4, -0.2) is 6.61 Å². The van der Waals surface area contributed by atoms with Gasteiger partial charge in [0.05, 0.1) is 6.26 Å². The Morgan fingerprint density at radius 3 is 3.00 bits per heavy atom. The zero-order valence-corrected chi connectivity index (χ0v) is 4.48. The molecule has 0 aromatic heterocycles. The van der Waals surface area contributed by atoms with E-state index in [2.05, 4.69) is 10.7 Å². The van der Waals surface area contributed by atoms with Crippen LogP contribution in [0.15, 0.2) is 11.8 Å². The second kappa shape index (κ2) is 5.39. The van der Waals surface area contributed by atoms with Gasteiger partial charge in [-0.3, -0.25) is 0 Å². The number of hydrogen-bond acceptors (Lipinski definition) is 1. The minimum Gasteiger partial charge on any atom is -0.488 e. The summed E-state index contributed by atoms with van der Waals surface area (Å²) in [6.07, 6.45) is 6.15. The van der Waals surface area contributed by atoms with Gasteiger partial charge in [0.15, 0.2) is 0 Å². The molecule has 0 unspecified atom stereocenters. The highest BCUT2D eigenvalue weighted by Crippen LogP contribution is 1.78. The fourth-order valence-corrected chi connectivity index (χ4v) is 0.205. The monoisotopic (exact) mass is 116 g/mol. The van der Waals surface area contributed by atoms with Crippen LogP contribution in [-0.2, 0) is 4.74 Å². The molecule has 0 spiro atoms. The predicted molar refractivity (Wildman–Crippen MR) is 29.8 cm³/mol. The van der Waals surface area contributed by atoms with E-state index in [-0.39, 0.29) is 6.61 Å². The van der Waals surface area contributed by atoms with E-state index in [1.165, 1.54) is 11.8 Å². The summed E-state index contributed by atoms with van der Waals surface area (Å²) in [5.74, 6) is 2.27. The van der Waals surface area contributed by atoms with Crippen LogP contribution in [0.2, 0.25) is 0 Å². The molecule has 0 radical (unpaired) electrons. The first-order chi connectivity index (χ1) is 3.41.